The monoisotopic (exact) mass is 643 g/mol. The van der Waals surface area contributed by atoms with Gasteiger partial charge in [-0.3, -0.25) is 19.6 Å². The lowest BCUT2D eigenvalue weighted by atomic mass is 9.88. The van der Waals surface area contributed by atoms with E-state index in [4.69, 9.17) is 9.47 Å². The highest BCUT2D eigenvalue weighted by molar-refractivity contribution is 5.97. The first kappa shape index (κ1) is 35.6. The molecule has 0 spiro atoms. The van der Waals surface area contributed by atoms with Crippen molar-refractivity contribution in [3.8, 4) is 0 Å². The molecule has 2 aromatic rings. The zero-order chi connectivity index (χ0) is 29.4. The topological polar surface area (TPSA) is 70.2 Å². The molecule has 0 bridgehead atoms. The van der Waals surface area contributed by atoms with Crippen LogP contribution in [0.4, 0.5) is 14.5 Å². The maximum atomic E-state index is 14.4. The van der Waals surface area contributed by atoms with Crippen molar-refractivity contribution in [3.63, 3.8) is 0 Å². The summed E-state index contributed by atoms with van der Waals surface area (Å²) in [5.41, 5.74) is 2.37. The number of piperazine rings is 1. The van der Waals surface area contributed by atoms with Gasteiger partial charge in [0.1, 0.15) is 11.6 Å². The van der Waals surface area contributed by atoms with Crippen LogP contribution in [-0.2, 0) is 26.1 Å². The minimum absolute atomic E-state index is 0. The smallest absolute Gasteiger partial charge is 0.241 e. The summed E-state index contributed by atoms with van der Waals surface area (Å²) >= 11 is 0. The number of amides is 1. The molecule has 3 aliphatic heterocycles. The van der Waals surface area contributed by atoms with E-state index in [0.717, 1.165) is 43.5 Å². The van der Waals surface area contributed by atoms with Gasteiger partial charge in [-0.15, -0.1) is 24.8 Å². The number of morpholine rings is 1. The van der Waals surface area contributed by atoms with Crippen LogP contribution >= 0.6 is 24.8 Å². The largest absolute Gasteiger partial charge is 0.383 e. The number of hydrogen-bond acceptors (Lipinski definition) is 7. The van der Waals surface area contributed by atoms with E-state index in [1.165, 1.54) is 12.1 Å². The van der Waals surface area contributed by atoms with E-state index < -0.39 is 11.6 Å². The number of rotatable bonds is 8. The molecule has 43 heavy (non-hydrogen) atoms. The first-order chi connectivity index (χ1) is 19.5. The van der Waals surface area contributed by atoms with Crippen molar-refractivity contribution in [2.75, 3.05) is 71.1 Å². The predicted octanol–water partition coefficient (Wildman–Crippen LogP) is 3.82. The second kappa shape index (κ2) is 14.5. The molecular weight excluding hydrogens is 599 g/mol. The fraction of sp³-hybridized carbons (Fsp3) is 0.613. The number of fused-ring (bicyclic) bond motifs is 1. The van der Waals surface area contributed by atoms with Gasteiger partial charge in [-0.05, 0) is 31.5 Å². The van der Waals surface area contributed by atoms with Gasteiger partial charge >= 0.3 is 0 Å². The highest BCUT2D eigenvalue weighted by Gasteiger charge is 2.41. The SMILES string of the molecule is COC[C@@]1(C)COCCN1C[C@H]1CN[C@H](C)CN1CC(=O)N1CC(C)(C)c2cnc(Cc3ccc(F)cc3F)cc21.Cl.Cl. The van der Waals surface area contributed by atoms with Crippen molar-refractivity contribution in [2.45, 2.75) is 57.2 Å². The Morgan fingerprint density at radius 2 is 1.98 bits per heavy atom. The molecular formula is C31H45Cl2F2N5O3. The summed E-state index contributed by atoms with van der Waals surface area (Å²) in [6.45, 7) is 14.5. The summed E-state index contributed by atoms with van der Waals surface area (Å²) in [5.74, 6) is -1.16. The minimum Gasteiger partial charge on any atom is -0.383 e. The summed E-state index contributed by atoms with van der Waals surface area (Å²) < 4.78 is 39.1. The zero-order valence-electron chi connectivity index (χ0n) is 25.7. The third kappa shape index (κ3) is 7.84. The number of nitrogens with zero attached hydrogens (tertiary/aromatic N) is 4. The van der Waals surface area contributed by atoms with E-state index in [9.17, 15) is 13.6 Å². The molecule has 0 aliphatic carbocycles. The summed E-state index contributed by atoms with van der Waals surface area (Å²) in [4.78, 5) is 25.2. The first-order valence-electron chi connectivity index (χ1n) is 14.5. The van der Waals surface area contributed by atoms with E-state index in [2.05, 4.69) is 47.8 Å². The number of carbonyl (C=O) groups excluding carboxylic acids is 1. The first-order valence-corrected chi connectivity index (χ1v) is 14.5. The normalized spacial score (nSPS) is 25.5. The highest BCUT2D eigenvalue weighted by atomic mass is 35.5. The Morgan fingerprint density at radius 1 is 1.21 bits per heavy atom. The van der Waals surface area contributed by atoms with Gasteiger partial charge in [-0.25, -0.2) is 8.78 Å². The number of methoxy groups -OCH3 is 1. The van der Waals surface area contributed by atoms with E-state index in [1.807, 2.05) is 17.2 Å². The summed E-state index contributed by atoms with van der Waals surface area (Å²) in [6.07, 6.45) is 2.03. The lowest BCUT2D eigenvalue weighted by Crippen LogP contribution is -2.65. The van der Waals surface area contributed by atoms with E-state index in [-0.39, 0.29) is 60.2 Å². The summed E-state index contributed by atoms with van der Waals surface area (Å²) in [5, 5.41) is 3.60. The third-order valence-electron chi connectivity index (χ3n) is 8.83. The lowest BCUT2D eigenvalue weighted by molar-refractivity contribution is -0.122. The van der Waals surface area contributed by atoms with Crippen LogP contribution in [0.15, 0.2) is 30.5 Å². The molecule has 3 atom stereocenters. The van der Waals surface area contributed by atoms with Crippen molar-refractivity contribution in [3.05, 3.63) is 58.9 Å². The second-order valence-electron chi connectivity index (χ2n) is 12.8. The Hall–Kier alpha value is -1.92. The number of benzene rings is 1. The quantitative estimate of drug-likeness (QED) is 0.469. The summed E-state index contributed by atoms with van der Waals surface area (Å²) in [6, 6.07) is 5.93. The number of halogens is 4. The van der Waals surface area contributed by atoms with Crippen LogP contribution in [-0.4, -0.2) is 105 Å². The lowest BCUT2D eigenvalue weighted by Gasteiger charge is -2.48. The Bertz CT molecular complexity index is 1270. The molecule has 0 saturated carbocycles. The van der Waals surface area contributed by atoms with Crippen LogP contribution in [0, 0.1) is 11.6 Å². The molecule has 8 nitrogen and oxygen atoms in total. The number of pyridine rings is 1. The number of nitrogens with one attached hydrogen (secondary N) is 1. The number of ether oxygens (including phenoxy) is 2. The Labute approximate surface area is 266 Å². The van der Waals surface area contributed by atoms with Crippen molar-refractivity contribution in [2.24, 2.45) is 0 Å². The predicted molar refractivity (Wildman–Crippen MR) is 169 cm³/mol. The third-order valence-corrected chi connectivity index (χ3v) is 8.83. The molecule has 1 aromatic carbocycles. The minimum atomic E-state index is -0.607. The molecule has 2 saturated heterocycles. The van der Waals surface area contributed by atoms with Crippen LogP contribution < -0.4 is 10.2 Å². The maximum Gasteiger partial charge on any atom is 0.241 e. The van der Waals surface area contributed by atoms with Crippen molar-refractivity contribution in [1.82, 2.24) is 20.1 Å². The van der Waals surface area contributed by atoms with E-state index in [1.54, 1.807) is 7.11 Å². The Morgan fingerprint density at radius 3 is 2.70 bits per heavy atom. The number of anilines is 1. The van der Waals surface area contributed by atoms with Gasteiger partial charge < -0.3 is 19.7 Å². The standard InChI is InChI=1S/C31H43F2N5O3.2ClH/c1-21-15-36(25(13-34-21)16-37-8-9-41-20-31(37,4)19-40-5)17-29(39)38-18-30(2,3)26-14-35-24(12-28(26)38)10-22-6-7-23(32)11-27(22)33;;/h6-7,11-12,14,21,25,34H,8-10,13,15-20H2,1-5H3;2*1H/t21-,25-,31+;;/m1../s1. The van der Waals surface area contributed by atoms with E-state index >= 15 is 0 Å². The van der Waals surface area contributed by atoms with E-state index in [0.29, 0.717) is 44.2 Å². The van der Waals surface area contributed by atoms with Gasteiger partial charge in [0.2, 0.25) is 5.91 Å². The van der Waals surface area contributed by atoms with Crippen LogP contribution in [0.2, 0.25) is 0 Å². The zero-order valence-corrected chi connectivity index (χ0v) is 27.3. The Balaban J connectivity index is 0.00000253. The van der Waals surface area contributed by atoms with Crippen LogP contribution in [0.25, 0.3) is 0 Å². The van der Waals surface area contributed by atoms with Gasteiger partial charge in [0.15, 0.2) is 0 Å². The van der Waals surface area contributed by atoms with Crippen LogP contribution in [0.3, 0.4) is 0 Å². The molecule has 2 fully saturated rings. The average molecular weight is 645 g/mol. The van der Waals surface area contributed by atoms with Gasteiger partial charge in [0, 0.05) is 87.3 Å². The van der Waals surface area contributed by atoms with Gasteiger partial charge in [-0.2, -0.15) is 0 Å². The fourth-order valence-corrected chi connectivity index (χ4v) is 6.48. The number of carbonyl (C=O) groups is 1. The summed E-state index contributed by atoms with van der Waals surface area (Å²) in [7, 11) is 1.72. The van der Waals surface area contributed by atoms with Crippen molar-refractivity contribution < 1.29 is 23.0 Å². The van der Waals surface area contributed by atoms with Crippen molar-refractivity contribution >= 4 is 36.4 Å². The highest BCUT2D eigenvalue weighted by Crippen LogP contribution is 2.40. The van der Waals surface area contributed by atoms with Gasteiger partial charge in [0.25, 0.3) is 0 Å². The second-order valence-corrected chi connectivity index (χ2v) is 12.8. The number of hydrogen-bond donors (Lipinski definition) is 1. The average Bonchev–Trinajstić information content (AvgIpc) is 3.18. The maximum absolute atomic E-state index is 14.4. The number of aromatic nitrogens is 1. The molecule has 12 heteroatoms. The van der Waals surface area contributed by atoms with Gasteiger partial charge in [-0.1, -0.05) is 19.9 Å². The Kier molecular flexibility index (Phi) is 12.0. The fourth-order valence-electron chi connectivity index (χ4n) is 6.48. The molecule has 240 valence electrons. The molecule has 1 aromatic heterocycles. The molecule has 0 unspecified atom stereocenters. The van der Waals surface area contributed by atoms with Gasteiger partial charge in [0.05, 0.1) is 37.6 Å². The van der Waals surface area contributed by atoms with Crippen LogP contribution in [0.5, 0.6) is 0 Å². The van der Waals surface area contributed by atoms with Crippen LogP contribution in [0.1, 0.15) is 44.5 Å². The molecule has 1 N–H and O–H groups in total. The van der Waals surface area contributed by atoms with Crippen molar-refractivity contribution in [1.29, 1.82) is 0 Å². The molecule has 5 rings (SSSR count). The molecule has 0 radical (unpaired) electrons. The molecule has 1 amide bonds. The molecule has 4 heterocycles. The molecule has 3 aliphatic rings.